The van der Waals surface area contributed by atoms with Crippen molar-refractivity contribution in [3.05, 3.63) is 69.6 Å². The van der Waals surface area contributed by atoms with Gasteiger partial charge in [0.15, 0.2) is 11.6 Å². The Morgan fingerprint density at radius 2 is 2.14 bits per heavy atom. The van der Waals surface area contributed by atoms with E-state index < -0.39 is 11.6 Å². The monoisotopic (exact) mass is 382 g/mol. The molecule has 5 nitrogen and oxygen atoms in total. The lowest BCUT2D eigenvalue weighted by Crippen LogP contribution is -2.37. The normalized spacial score (nSPS) is 22.8. The van der Waals surface area contributed by atoms with Gasteiger partial charge >= 0.3 is 0 Å². The Labute approximate surface area is 161 Å². The van der Waals surface area contributed by atoms with E-state index in [-0.39, 0.29) is 18.2 Å². The summed E-state index contributed by atoms with van der Waals surface area (Å²) in [6.45, 7) is 1.38. The van der Waals surface area contributed by atoms with Crippen LogP contribution in [0.3, 0.4) is 0 Å². The Morgan fingerprint density at radius 3 is 2.96 bits per heavy atom. The Bertz CT molecular complexity index is 1040. The van der Waals surface area contributed by atoms with Crippen molar-refractivity contribution in [3.63, 3.8) is 0 Å². The van der Waals surface area contributed by atoms with Crippen molar-refractivity contribution < 1.29 is 13.9 Å². The quantitative estimate of drug-likeness (QED) is 0.734. The summed E-state index contributed by atoms with van der Waals surface area (Å²) in [4.78, 5) is 1.97. The Morgan fingerprint density at radius 1 is 1.29 bits per heavy atom. The molecule has 28 heavy (non-hydrogen) atoms. The summed E-state index contributed by atoms with van der Waals surface area (Å²) < 4.78 is 29.3. The lowest BCUT2D eigenvalue weighted by Gasteiger charge is -2.31. The average molecular weight is 382 g/mol. The molecule has 0 saturated heterocycles. The molecule has 3 heterocycles. The number of aliphatic hydroxyl groups is 1. The zero-order valence-corrected chi connectivity index (χ0v) is 15.4. The summed E-state index contributed by atoms with van der Waals surface area (Å²) in [7, 11) is 1.91. The number of rotatable bonds is 2. The summed E-state index contributed by atoms with van der Waals surface area (Å²) in [6.07, 6.45) is 8.17. The number of nitrogens with zero attached hydrogens (tertiary/aromatic N) is 2. The lowest BCUT2D eigenvalue weighted by atomic mass is 9.87. The van der Waals surface area contributed by atoms with Crippen LogP contribution in [0.1, 0.15) is 23.1 Å². The van der Waals surface area contributed by atoms with Crippen LogP contribution < -0.4 is 10.7 Å². The average Bonchev–Trinajstić information content (AvgIpc) is 3.01. The smallest absolute Gasteiger partial charge is 0.167 e. The number of likely N-dealkylation sites (N-methyl/N-ethyl adjacent to an activating group) is 1. The van der Waals surface area contributed by atoms with E-state index in [0.717, 1.165) is 24.1 Å². The summed E-state index contributed by atoms with van der Waals surface area (Å²) in [5.41, 5.74) is 8.59. The van der Waals surface area contributed by atoms with Gasteiger partial charge in [0.2, 0.25) is 0 Å². The van der Waals surface area contributed by atoms with Gasteiger partial charge in [-0.1, -0.05) is 12.2 Å². The minimum Gasteiger partial charge on any atom is -0.394 e. The second kappa shape index (κ2) is 6.39. The number of hydrazone groups is 1. The first-order valence-electron chi connectivity index (χ1n) is 9.32. The first kappa shape index (κ1) is 17.3. The van der Waals surface area contributed by atoms with E-state index in [1.807, 2.05) is 24.2 Å². The molecule has 1 atom stereocenters. The van der Waals surface area contributed by atoms with Crippen LogP contribution in [0, 0.1) is 11.6 Å². The molecule has 0 spiro atoms. The van der Waals surface area contributed by atoms with Crippen LogP contribution in [0.2, 0.25) is 0 Å². The van der Waals surface area contributed by atoms with Crippen molar-refractivity contribution in [2.45, 2.75) is 12.5 Å². The Kier molecular flexibility index (Phi) is 3.96. The molecular formula is C21H20F2N4O. The molecule has 1 aromatic carbocycles. The third-order valence-corrected chi connectivity index (χ3v) is 5.60. The number of halogens is 2. The van der Waals surface area contributed by atoms with Gasteiger partial charge in [0.25, 0.3) is 0 Å². The number of nitrogens with one attached hydrogen (secondary N) is 2. The minimum absolute atomic E-state index is 0.0111. The fourth-order valence-corrected chi connectivity index (χ4v) is 4.31. The predicted molar refractivity (Wildman–Crippen MR) is 104 cm³/mol. The van der Waals surface area contributed by atoms with Gasteiger partial charge in [-0.25, -0.2) is 8.78 Å². The van der Waals surface area contributed by atoms with E-state index in [1.165, 1.54) is 6.07 Å². The van der Waals surface area contributed by atoms with Gasteiger partial charge in [0, 0.05) is 48.1 Å². The van der Waals surface area contributed by atoms with E-state index in [0.29, 0.717) is 34.7 Å². The number of benzene rings is 1. The zero-order chi connectivity index (χ0) is 19.4. The number of allylic oxidation sites excluding steroid dienone is 2. The molecular weight excluding hydrogens is 362 g/mol. The second-order valence-corrected chi connectivity index (χ2v) is 7.45. The Balaban J connectivity index is 1.75. The van der Waals surface area contributed by atoms with Crippen molar-refractivity contribution in [1.82, 2.24) is 15.6 Å². The Hall–Kier alpha value is -2.77. The van der Waals surface area contributed by atoms with Crippen molar-refractivity contribution in [1.29, 1.82) is 0 Å². The molecule has 4 aliphatic rings. The highest BCUT2D eigenvalue weighted by molar-refractivity contribution is 6.20. The number of aliphatic hydroxyl groups excluding tert-OH is 1. The molecule has 0 amide bonds. The number of hydrogen-bond donors (Lipinski definition) is 3. The van der Waals surface area contributed by atoms with Gasteiger partial charge in [-0.2, -0.15) is 5.10 Å². The highest BCUT2D eigenvalue weighted by Crippen LogP contribution is 2.41. The van der Waals surface area contributed by atoms with Gasteiger partial charge in [-0.05, 0) is 36.2 Å². The van der Waals surface area contributed by atoms with Crippen molar-refractivity contribution in [2.24, 2.45) is 5.10 Å². The number of fused-ring (bicyclic) bond motifs is 2. The van der Waals surface area contributed by atoms with Crippen LogP contribution in [-0.4, -0.2) is 48.5 Å². The number of hydrogen-bond acceptors (Lipinski definition) is 5. The lowest BCUT2D eigenvalue weighted by molar-refractivity contribution is 0.261. The van der Waals surface area contributed by atoms with Crippen molar-refractivity contribution in [2.75, 3.05) is 26.7 Å². The molecule has 3 aliphatic heterocycles. The molecule has 1 aromatic rings. The molecule has 3 N–H and O–H groups in total. The van der Waals surface area contributed by atoms with Crippen LogP contribution in [0.4, 0.5) is 8.78 Å². The topological polar surface area (TPSA) is 59.9 Å². The molecule has 144 valence electrons. The molecule has 1 aliphatic carbocycles. The highest BCUT2D eigenvalue weighted by Gasteiger charge is 2.33. The fourth-order valence-electron chi connectivity index (χ4n) is 4.31. The van der Waals surface area contributed by atoms with E-state index in [9.17, 15) is 9.50 Å². The molecule has 5 rings (SSSR count). The van der Waals surface area contributed by atoms with Gasteiger partial charge in [0.05, 0.1) is 18.0 Å². The molecule has 0 fully saturated rings. The standard InChI is InChI=1S/C21H20F2N4O/c1-27-8-14(11-4-5-24-13(6-11)10-28)21-15(9-27)19-18-12(7-16(22)20(19)23)2-3-17(18)25-26-21/h2-3,6-7,9,13,24,26,28H,4-5,8,10H2,1H3/t13-/m1/s1. The molecule has 0 unspecified atom stereocenters. The molecule has 7 heteroatoms. The van der Waals surface area contributed by atoms with E-state index in [4.69, 9.17) is 0 Å². The molecule has 0 bridgehead atoms. The second-order valence-electron chi connectivity index (χ2n) is 7.45. The van der Waals surface area contributed by atoms with Gasteiger partial charge in [-0.15, -0.1) is 0 Å². The van der Waals surface area contributed by atoms with Crippen LogP contribution in [0.5, 0.6) is 0 Å². The van der Waals surface area contributed by atoms with Crippen molar-refractivity contribution >= 4 is 17.4 Å². The minimum atomic E-state index is -0.863. The summed E-state index contributed by atoms with van der Waals surface area (Å²) in [5, 5.41) is 17.3. The first-order chi connectivity index (χ1) is 13.6. The molecule has 0 aromatic heterocycles. The van der Waals surface area contributed by atoms with Gasteiger partial charge in [-0.3, -0.25) is 5.43 Å². The maximum Gasteiger partial charge on any atom is 0.167 e. The summed E-state index contributed by atoms with van der Waals surface area (Å²) in [6, 6.07) is 1.10. The first-order valence-corrected chi connectivity index (χ1v) is 9.32. The summed E-state index contributed by atoms with van der Waals surface area (Å²) in [5.74, 6) is -1.72. The van der Waals surface area contributed by atoms with Crippen LogP contribution >= 0.6 is 0 Å². The van der Waals surface area contributed by atoms with E-state index in [2.05, 4.69) is 15.8 Å². The third kappa shape index (κ3) is 2.54. The maximum absolute atomic E-state index is 15.0. The third-order valence-electron chi connectivity index (χ3n) is 5.60. The molecule has 0 radical (unpaired) electrons. The highest BCUT2D eigenvalue weighted by atomic mass is 19.2. The van der Waals surface area contributed by atoms with Crippen LogP contribution in [0.15, 0.2) is 46.4 Å². The fraction of sp³-hybridized carbons (Fsp3) is 0.286. The maximum atomic E-state index is 15.0. The summed E-state index contributed by atoms with van der Waals surface area (Å²) >= 11 is 0. The van der Waals surface area contributed by atoms with Gasteiger partial charge < -0.3 is 15.3 Å². The van der Waals surface area contributed by atoms with E-state index in [1.54, 1.807) is 12.2 Å². The van der Waals surface area contributed by atoms with Crippen LogP contribution in [-0.2, 0) is 0 Å². The largest absolute Gasteiger partial charge is 0.394 e. The zero-order valence-electron chi connectivity index (χ0n) is 15.4. The van der Waals surface area contributed by atoms with E-state index >= 15 is 4.39 Å². The van der Waals surface area contributed by atoms with Gasteiger partial charge in [0.1, 0.15) is 0 Å². The predicted octanol–water partition coefficient (Wildman–Crippen LogP) is 2.12. The van der Waals surface area contributed by atoms with Crippen LogP contribution in [0.25, 0.3) is 11.6 Å². The van der Waals surface area contributed by atoms with Crippen molar-refractivity contribution in [3.8, 4) is 0 Å². The molecule has 0 saturated carbocycles. The SMILES string of the molecule is CN1C=C2C(=C(C3=C[C@H](CO)NCC3)C1)NN=C1C=Cc3cc(F)c(F)c2c31.